The monoisotopic (exact) mass is 258 g/mol. The highest BCUT2D eigenvalue weighted by Gasteiger charge is 2.33. The minimum absolute atomic E-state index is 0.0350. The van der Waals surface area contributed by atoms with Gasteiger partial charge in [0.15, 0.2) is 0 Å². The predicted octanol–water partition coefficient (Wildman–Crippen LogP) is 2.78. The molecule has 0 radical (unpaired) electrons. The van der Waals surface area contributed by atoms with Gasteiger partial charge in [0, 0.05) is 6.07 Å². The number of benzene rings is 1. The summed E-state index contributed by atoms with van der Waals surface area (Å²) in [4.78, 5) is 0. The first kappa shape index (κ1) is 12.5. The highest BCUT2D eigenvalue weighted by atomic mass is 35.5. The summed E-state index contributed by atoms with van der Waals surface area (Å²) < 4.78 is 13.2. The zero-order chi connectivity index (χ0) is 12.5. The van der Waals surface area contributed by atoms with E-state index < -0.39 is 5.82 Å². The van der Waals surface area contributed by atoms with E-state index in [1.54, 1.807) is 0 Å². The van der Waals surface area contributed by atoms with Gasteiger partial charge in [-0.1, -0.05) is 24.4 Å². The van der Waals surface area contributed by atoms with Crippen LogP contribution in [-0.4, -0.2) is 17.3 Å². The summed E-state index contributed by atoms with van der Waals surface area (Å²) in [7, 11) is 0. The maximum atomic E-state index is 13.2. The Balaban J connectivity index is 2.26. The van der Waals surface area contributed by atoms with E-state index >= 15 is 0 Å². The molecular weight excluding hydrogens is 243 g/mol. The van der Waals surface area contributed by atoms with Crippen molar-refractivity contribution in [1.82, 2.24) is 0 Å². The van der Waals surface area contributed by atoms with Crippen LogP contribution >= 0.6 is 11.6 Å². The molecular formula is C12H16ClFN2O. The third kappa shape index (κ3) is 2.48. The van der Waals surface area contributed by atoms with E-state index in [0.29, 0.717) is 11.4 Å². The van der Waals surface area contributed by atoms with Crippen LogP contribution in [0.25, 0.3) is 0 Å². The maximum absolute atomic E-state index is 13.2. The number of rotatable bonds is 3. The van der Waals surface area contributed by atoms with E-state index in [1.807, 2.05) is 0 Å². The molecule has 0 unspecified atom stereocenters. The highest BCUT2D eigenvalue weighted by Crippen LogP contribution is 2.35. The van der Waals surface area contributed by atoms with E-state index in [-0.39, 0.29) is 17.2 Å². The van der Waals surface area contributed by atoms with Crippen molar-refractivity contribution >= 4 is 23.0 Å². The number of anilines is 2. The van der Waals surface area contributed by atoms with Gasteiger partial charge in [0.1, 0.15) is 5.82 Å². The molecule has 0 spiro atoms. The first-order valence-corrected chi connectivity index (χ1v) is 6.08. The normalized spacial score (nSPS) is 18.3. The van der Waals surface area contributed by atoms with Crippen molar-refractivity contribution in [2.45, 2.75) is 31.2 Å². The lowest BCUT2D eigenvalue weighted by Crippen LogP contribution is -2.39. The second-order valence-corrected chi connectivity index (χ2v) is 5.03. The summed E-state index contributed by atoms with van der Waals surface area (Å²) in [6, 6.07) is 2.67. The summed E-state index contributed by atoms with van der Waals surface area (Å²) >= 11 is 5.73. The van der Waals surface area contributed by atoms with E-state index in [4.69, 9.17) is 17.3 Å². The van der Waals surface area contributed by atoms with Crippen molar-refractivity contribution in [1.29, 1.82) is 0 Å². The van der Waals surface area contributed by atoms with Gasteiger partial charge in [-0.25, -0.2) is 4.39 Å². The number of aliphatic hydroxyl groups is 1. The Morgan fingerprint density at radius 1 is 1.41 bits per heavy atom. The van der Waals surface area contributed by atoms with E-state index in [0.717, 1.165) is 25.7 Å². The van der Waals surface area contributed by atoms with Crippen molar-refractivity contribution < 1.29 is 9.50 Å². The number of hydrogen-bond acceptors (Lipinski definition) is 3. The molecule has 1 aliphatic carbocycles. The standard InChI is InChI=1S/C12H16ClFN2O/c13-8-5-11(10(15)6-9(8)14)16-12(7-17)3-1-2-4-12/h5-6,16-17H,1-4,7,15H2. The Hall–Kier alpha value is -1.00. The third-order valence-electron chi connectivity index (χ3n) is 3.36. The fourth-order valence-corrected chi connectivity index (χ4v) is 2.49. The Bertz CT molecular complexity index is 419. The molecule has 0 atom stereocenters. The van der Waals surface area contributed by atoms with Gasteiger partial charge in [-0.05, 0) is 18.9 Å². The van der Waals surface area contributed by atoms with Crippen molar-refractivity contribution in [3.63, 3.8) is 0 Å². The fourth-order valence-electron chi connectivity index (χ4n) is 2.33. The van der Waals surface area contributed by atoms with Crippen LogP contribution in [0.2, 0.25) is 5.02 Å². The van der Waals surface area contributed by atoms with Gasteiger partial charge in [-0.15, -0.1) is 0 Å². The van der Waals surface area contributed by atoms with Gasteiger partial charge in [0.2, 0.25) is 0 Å². The summed E-state index contributed by atoms with van der Waals surface area (Å²) in [5.74, 6) is -0.529. The molecule has 94 valence electrons. The zero-order valence-electron chi connectivity index (χ0n) is 9.47. The molecule has 0 heterocycles. The quantitative estimate of drug-likeness (QED) is 0.731. The molecule has 0 aromatic heterocycles. The maximum Gasteiger partial charge on any atom is 0.143 e. The Labute approximate surface area is 105 Å². The second-order valence-electron chi connectivity index (χ2n) is 4.62. The molecule has 0 bridgehead atoms. The number of halogens is 2. The molecule has 3 nitrogen and oxygen atoms in total. The molecule has 1 aromatic rings. The van der Waals surface area contributed by atoms with Crippen LogP contribution in [0.3, 0.4) is 0 Å². The van der Waals surface area contributed by atoms with Crippen LogP contribution in [0.1, 0.15) is 25.7 Å². The molecule has 0 saturated heterocycles. The minimum Gasteiger partial charge on any atom is -0.397 e. The van der Waals surface area contributed by atoms with Gasteiger partial charge < -0.3 is 16.2 Å². The van der Waals surface area contributed by atoms with E-state index in [2.05, 4.69) is 5.32 Å². The van der Waals surface area contributed by atoms with Gasteiger partial charge >= 0.3 is 0 Å². The molecule has 5 heteroatoms. The van der Waals surface area contributed by atoms with Gasteiger partial charge in [0.05, 0.1) is 28.5 Å². The smallest absolute Gasteiger partial charge is 0.143 e. The highest BCUT2D eigenvalue weighted by molar-refractivity contribution is 6.31. The minimum atomic E-state index is -0.529. The SMILES string of the molecule is Nc1cc(F)c(Cl)cc1NC1(CO)CCCC1. The largest absolute Gasteiger partial charge is 0.397 e. The van der Waals surface area contributed by atoms with E-state index in [9.17, 15) is 9.50 Å². The second kappa shape index (κ2) is 4.70. The summed E-state index contributed by atoms with van der Waals surface area (Å²) in [5, 5.41) is 12.7. The van der Waals surface area contributed by atoms with Crippen molar-refractivity contribution in [3.8, 4) is 0 Å². The topological polar surface area (TPSA) is 58.3 Å². The summed E-state index contributed by atoms with van der Waals surface area (Å²) in [6.45, 7) is 0.0431. The van der Waals surface area contributed by atoms with Crippen LogP contribution in [0.5, 0.6) is 0 Å². The molecule has 1 fully saturated rings. The lowest BCUT2D eigenvalue weighted by molar-refractivity contribution is 0.214. The number of nitrogens with two attached hydrogens (primary N) is 1. The van der Waals surface area contributed by atoms with Crippen LogP contribution in [0.15, 0.2) is 12.1 Å². The van der Waals surface area contributed by atoms with Crippen LogP contribution in [-0.2, 0) is 0 Å². The first-order valence-electron chi connectivity index (χ1n) is 5.70. The first-order chi connectivity index (χ1) is 8.06. The lowest BCUT2D eigenvalue weighted by Gasteiger charge is -2.30. The average molecular weight is 259 g/mol. The molecule has 1 aliphatic rings. The van der Waals surface area contributed by atoms with Crippen LogP contribution in [0, 0.1) is 5.82 Å². The molecule has 1 aromatic carbocycles. The number of nitrogen functional groups attached to an aromatic ring is 1. The summed E-state index contributed by atoms with van der Waals surface area (Å²) in [5.41, 5.74) is 6.30. The number of hydrogen-bond donors (Lipinski definition) is 3. The number of nitrogens with one attached hydrogen (secondary N) is 1. The van der Waals surface area contributed by atoms with Crippen molar-refractivity contribution in [2.24, 2.45) is 0 Å². The molecule has 17 heavy (non-hydrogen) atoms. The fraction of sp³-hybridized carbons (Fsp3) is 0.500. The lowest BCUT2D eigenvalue weighted by atomic mass is 9.98. The van der Waals surface area contributed by atoms with Gasteiger partial charge in [-0.3, -0.25) is 0 Å². The number of aliphatic hydroxyl groups excluding tert-OH is 1. The molecule has 1 saturated carbocycles. The Kier molecular flexibility index (Phi) is 3.45. The molecule has 4 N–H and O–H groups in total. The van der Waals surface area contributed by atoms with Crippen LogP contribution < -0.4 is 11.1 Å². The van der Waals surface area contributed by atoms with E-state index in [1.165, 1.54) is 12.1 Å². The van der Waals surface area contributed by atoms with Crippen molar-refractivity contribution in [3.05, 3.63) is 23.0 Å². The molecule has 2 rings (SSSR count). The predicted molar refractivity (Wildman–Crippen MR) is 67.7 cm³/mol. The van der Waals surface area contributed by atoms with Gasteiger partial charge in [0.25, 0.3) is 0 Å². The third-order valence-corrected chi connectivity index (χ3v) is 3.65. The Morgan fingerprint density at radius 2 is 2.06 bits per heavy atom. The van der Waals surface area contributed by atoms with Gasteiger partial charge in [-0.2, -0.15) is 0 Å². The average Bonchev–Trinajstić information content (AvgIpc) is 2.75. The molecule has 0 amide bonds. The Morgan fingerprint density at radius 3 is 2.65 bits per heavy atom. The zero-order valence-corrected chi connectivity index (χ0v) is 10.2. The summed E-state index contributed by atoms with van der Waals surface area (Å²) in [6.07, 6.45) is 3.92. The van der Waals surface area contributed by atoms with Crippen molar-refractivity contribution in [2.75, 3.05) is 17.7 Å². The van der Waals surface area contributed by atoms with Crippen LogP contribution in [0.4, 0.5) is 15.8 Å². The molecule has 0 aliphatic heterocycles.